The minimum Gasteiger partial charge on any atom is -0.490 e. The topological polar surface area (TPSA) is 34.5 Å². The zero-order valence-electron chi connectivity index (χ0n) is 12.7. The van der Waals surface area contributed by atoms with Crippen molar-refractivity contribution < 1.29 is 9.53 Å². The van der Waals surface area contributed by atoms with Gasteiger partial charge in [-0.15, -0.1) is 0 Å². The van der Waals surface area contributed by atoms with Gasteiger partial charge in [-0.05, 0) is 45.0 Å². The number of hydrogen-bond acceptors (Lipinski definition) is 2. The molecular weight excluding hydrogens is 264 g/mol. The molecule has 1 aliphatic heterocycles. The summed E-state index contributed by atoms with van der Waals surface area (Å²) in [5.41, 5.74) is 3.08. The normalized spacial score (nSPS) is 15.3. The van der Waals surface area contributed by atoms with Crippen LogP contribution >= 0.6 is 0 Å². The van der Waals surface area contributed by atoms with Crippen LogP contribution in [0.5, 0.6) is 5.75 Å². The number of anilines is 1. The number of carbonyl (C=O) groups excluding carboxylic acids is 1. The predicted octanol–water partition coefficient (Wildman–Crippen LogP) is 3.09. The maximum absolute atomic E-state index is 12.9. The lowest BCUT2D eigenvalue weighted by molar-refractivity contribution is -0.121. The summed E-state index contributed by atoms with van der Waals surface area (Å²) in [6.45, 7) is 7.16. The number of ether oxygens (including phenoxy) is 1. The van der Waals surface area contributed by atoms with Crippen LogP contribution in [0.3, 0.4) is 0 Å². The van der Waals surface area contributed by atoms with Crippen molar-refractivity contribution in [1.82, 2.24) is 4.57 Å². The third kappa shape index (κ3) is 2.31. The Morgan fingerprint density at radius 2 is 1.81 bits per heavy atom. The SMILES string of the molecule is Cc1ccc(C)n1[C@@H](C)C(=O)N1CCOc2ccccc21. The molecule has 2 heterocycles. The van der Waals surface area contributed by atoms with Crippen LogP contribution in [0.15, 0.2) is 36.4 Å². The van der Waals surface area contributed by atoms with Crippen molar-refractivity contribution in [1.29, 1.82) is 0 Å². The van der Waals surface area contributed by atoms with E-state index in [2.05, 4.69) is 4.57 Å². The van der Waals surface area contributed by atoms with E-state index < -0.39 is 0 Å². The highest BCUT2D eigenvalue weighted by Crippen LogP contribution is 2.32. The zero-order valence-corrected chi connectivity index (χ0v) is 12.7. The molecule has 1 aromatic carbocycles. The molecule has 0 saturated heterocycles. The molecule has 0 fully saturated rings. The molecule has 4 heteroatoms. The minimum absolute atomic E-state index is 0.105. The van der Waals surface area contributed by atoms with Crippen LogP contribution < -0.4 is 9.64 Å². The summed E-state index contributed by atoms with van der Waals surface area (Å²) >= 11 is 0. The van der Waals surface area contributed by atoms with Gasteiger partial charge in [0.25, 0.3) is 0 Å². The number of benzene rings is 1. The largest absolute Gasteiger partial charge is 0.490 e. The Balaban J connectivity index is 1.93. The summed E-state index contributed by atoms with van der Waals surface area (Å²) in [7, 11) is 0. The van der Waals surface area contributed by atoms with Crippen LogP contribution in [-0.4, -0.2) is 23.6 Å². The molecule has 0 N–H and O–H groups in total. The fourth-order valence-electron chi connectivity index (χ4n) is 3.03. The smallest absolute Gasteiger partial charge is 0.249 e. The summed E-state index contributed by atoms with van der Waals surface area (Å²) < 4.78 is 7.70. The molecule has 21 heavy (non-hydrogen) atoms. The second-order valence-corrected chi connectivity index (χ2v) is 5.47. The van der Waals surface area contributed by atoms with Crippen molar-refractivity contribution in [3.05, 3.63) is 47.8 Å². The van der Waals surface area contributed by atoms with Gasteiger partial charge in [0, 0.05) is 11.4 Å². The standard InChI is InChI=1S/C17H20N2O2/c1-12-8-9-13(2)19(12)14(3)17(20)18-10-11-21-16-7-5-4-6-15(16)18/h4-9,14H,10-11H2,1-3H3/t14-/m0/s1. The number of rotatable bonds is 2. The van der Waals surface area contributed by atoms with Gasteiger partial charge < -0.3 is 14.2 Å². The van der Waals surface area contributed by atoms with E-state index in [1.807, 2.05) is 62.1 Å². The molecule has 0 saturated carbocycles. The lowest BCUT2D eigenvalue weighted by atomic mass is 10.2. The second-order valence-electron chi connectivity index (χ2n) is 5.47. The third-order valence-corrected chi connectivity index (χ3v) is 4.06. The van der Waals surface area contributed by atoms with Crippen molar-refractivity contribution in [3.8, 4) is 5.75 Å². The molecular formula is C17H20N2O2. The number of para-hydroxylation sites is 2. The summed E-state index contributed by atoms with van der Waals surface area (Å²) in [5, 5.41) is 0. The summed E-state index contributed by atoms with van der Waals surface area (Å²) in [6.07, 6.45) is 0. The molecule has 0 unspecified atom stereocenters. The molecule has 1 atom stereocenters. The molecule has 1 aliphatic rings. The van der Waals surface area contributed by atoms with Gasteiger partial charge in [-0.2, -0.15) is 0 Å². The molecule has 0 aliphatic carbocycles. The monoisotopic (exact) mass is 284 g/mol. The van der Waals surface area contributed by atoms with Crippen molar-refractivity contribution in [2.24, 2.45) is 0 Å². The number of carbonyl (C=O) groups is 1. The Bertz CT molecular complexity index is 656. The van der Waals surface area contributed by atoms with Gasteiger partial charge in [0.2, 0.25) is 5.91 Å². The Labute approximate surface area is 124 Å². The van der Waals surface area contributed by atoms with Gasteiger partial charge in [-0.1, -0.05) is 12.1 Å². The van der Waals surface area contributed by atoms with Gasteiger partial charge in [-0.25, -0.2) is 0 Å². The highest BCUT2D eigenvalue weighted by Gasteiger charge is 2.28. The van der Waals surface area contributed by atoms with Gasteiger partial charge in [0.05, 0.1) is 12.2 Å². The quantitative estimate of drug-likeness (QED) is 0.849. The first-order valence-electron chi connectivity index (χ1n) is 7.27. The number of fused-ring (bicyclic) bond motifs is 1. The third-order valence-electron chi connectivity index (χ3n) is 4.06. The average Bonchev–Trinajstić information content (AvgIpc) is 2.84. The van der Waals surface area contributed by atoms with Gasteiger partial charge >= 0.3 is 0 Å². The minimum atomic E-state index is -0.217. The molecule has 0 spiro atoms. The number of nitrogens with zero attached hydrogens (tertiary/aromatic N) is 2. The van der Waals surface area contributed by atoms with E-state index in [-0.39, 0.29) is 11.9 Å². The summed E-state index contributed by atoms with van der Waals surface area (Å²) in [5.74, 6) is 0.887. The molecule has 0 radical (unpaired) electrons. The Hall–Kier alpha value is -2.23. The van der Waals surface area contributed by atoms with Crippen LogP contribution in [-0.2, 0) is 4.79 Å². The predicted molar refractivity (Wildman–Crippen MR) is 82.9 cm³/mol. The van der Waals surface area contributed by atoms with Gasteiger partial charge in [0.1, 0.15) is 18.4 Å². The fourth-order valence-corrected chi connectivity index (χ4v) is 3.03. The van der Waals surface area contributed by atoms with E-state index >= 15 is 0 Å². The summed E-state index contributed by atoms with van der Waals surface area (Å²) in [4.78, 5) is 14.7. The molecule has 3 rings (SSSR count). The molecule has 0 bridgehead atoms. The van der Waals surface area contributed by atoms with E-state index in [0.717, 1.165) is 22.8 Å². The number of aromatic nitrogens is 1. The van der Waals surface area contributed by atoms with Crippen LogP contribution in [0, 0.1) is 13.8 Å². The molecule has 110 valence electrons. The number of aryl methyl sites for hydroxylation is 2. The van der Waals surface area contributed by atoms with E-state index in [9.17, 15) is 4.79 Å². The van der Waals surface area contributed by atoms with Crippen molar-refractivity contribution >= 4 is 11.6 Å². The Kier molecular flexibility index (Phi) is 3.45. The highest BCUT2D eigenvalue weighted by atomic mass is 16.5. The number of amides is 1. The molecule has 2 aromatic rings. The highest BCUT2D eigenvalue weighted by molar-refractivity contribution is 5.97. The lowest BCUT2D eigenvalue weighted by Gasteiger charge is -2.32. The van der Waals surface area contributed by atoms with E-state index in [1.54, 1.807) is 0 Å². The van der Waals surface area contributed by atoms with E-state index in [1.165, 1.54) is 0 Å². The average molecular weight is 284 g/mol. The van der Waals surface area contributed by atoms with Crippen LogP contribution in [0.1, 0.15) is 24.4 Å². The first kappa shape index (κ1) is 13.7. The number of hydrogen-bond donors (Lipinski definition) is 0. The Morgan fingerprint density at radius 3 is 2.52 bits per heavy atom. The van der Waals surface area contributed by atoms with Crippen molar-refractivity contribution in [2.45, 2.75) is 26.8 Å². The summed E-state index contributed by atoms with van der Waals surface area (Å²) in [6, 6.07) is 11.6. The molecule has 1 aromatic heterocycles. The Morgan fingerprint density at radius 1 is 1.14 bits per heavy atom. The molecule has 4 nitrogen and oxygen atoms in total. The first-order chi connectivity index (χ1) is 10.1. The lowest BCUT2D eigenvalue weighted by Crippen LogP contribution is -2.41. The second kappa shape index (κ2) is 5.28. The maximum atomic E-state index is 12.9. The van der Waals surface area contributed by atoms with Gasteiger partial charge in [-0.3, -0.25) is 4.79 Å². The van der Waals surface area contributed by atoms with Crippen LogP contribution in [0.25, 0.3) is 0 Å². The van der Waals surface area contributed by atoms with E-state index in [0.29, 0.717) is 13.2 Å². The van der Waals surface area contributed by atoms with Crippen molar-refractivity contribution in [2.75, 3.05) is 18.1 Å². The fraction of sp³-hybridized carbons (Fsp3) is 0.353. The van der Waals surface area contributed by atoms with Crippen LogP contribution in [0.2, 0.25) is 0 Å². The zero-order chi connectivity index (χ0) is 15.0. The maximum Gasteiger partial charge on any atom is 0.249 e. The van der Waals surface area contributed by atoms with Gasteiger partial charge in [0.15, 0.2) is 0 Å². The van der Waals surface area contributed by atoms with Crippen molar-refractivity contribution in [3.63, 3.8) is 0 Å². The first-order valence-corrected chi connectivity index (χ1v) is 7.27. The molecule has 1 amide bonds. The van der Waals surface area contributed by atoms with Crippen LogP contribution in [0.4, 0.5) is 5.69 Å². The van der Waals surface area contributed by atoms with E-state index in [4.69, 9.17) is 4.74 Å².